The molecule has 1 fully saturated rings. The molecule has 0 aliphatic heterocycles. The molecule has 3 rings (SSSR count). The van der Waals surface area contributed by atoms with Gasteiger partial charge in [0.15, 0.2) is 5.78 Å². The fourth-order valence-electron chi connectivity index (χ4n) is 4.23. The van der Waals surface area contributed by atoms with Crippen molar-refractivity contribution >= 4 is 24.5 Å². The van der Waals surface area contributed by atoms with Crippen LogP contribution in [-0.2, 0) is 9.22 Å². The van der Waals surface area contributed by atoms with Gasteiger partial charge in [-0.15, -0.1) is 0 Å². The fraction of sp³-hybridized carbons (Fsp3) is 0.321. The van der Waals surface area contributed by atoms with E-state index in [1.54, 1.807) is 6.08 Å². The first-order valence-corrected chi connectivity index (χ1v) is 12.9. The minimum Gasteiger partial charge on any atom is -0.404 e. The molecule has 2 aromatic carbocycles. The zero-order valence-electron chi connectivity index (χ0n) is 19.1. The number of hydrogen-bond acceptors (Lipinski definition) is 2. The van der Waals surface area contributed by atoms with Gasteiger partial charge in [-0.05, 0) is 52.9 Å². The van der Waals surface area contributed by atoms with Gasteiger partial charge in [-0.1, -0.05) is 93.3 Å². The quantitative estimate of drug-likeness (QED) is 0.372. The van der Waals surface area contributed by atoms with Crippen LogP contribution >= 0.6 is 0 Å². The summed E-state index contributed by atoms with van der Waals surface area (Å²) in [7, 11) is -2.53. The first kappa shape index (κ1) is 23.0. The second-order valence-electron chi connectivity index (χ2n) is 9.08. The minimum atomic E-state index is -2.53. The molecule has 0 unspecified atom stereocenters. The Bertz CT molecular complexity index is 976. The molecular weight excluding hydrogens is 396 g/mol. The molecule has 160 valence electrons. The highest BCUT2D eigenvalue weighted by molar-refractivity contribution is 6.99. The van der Waals surface area contributed by atoms with Gasteiger partial charge in [-0.25, -0.2) is 0 Å². The molecule has 0 bridgehead atoms. The summed E-state index contributed by atoms with van der Waals surface area (Å²) < 4.78 is 6.86. The average molecular weight is 429 g/mol. The van der Waals surface area contributed by atoms with Crippen molar-refractivity contribution in [1.82, 2.24) is 0 Å². The van der Waals surface area contributed by atoms with Crippen molar-refractivity contribution in [2.24, 2.45) is 0 Å². The Morgan fingerprint density at radius 3 is 2.06 bits per heavy atom. The third-order valence-electron chi connectivity index (χ3n) is 5.83. The lowest BCUT2D eigenvalue weighted by Gasteiger charge is -2.42. The minimum absolute atomic E-state index is 0.0453. The summed E-state index contributed by atoms with van der Waals surface area (Å²) in [5.41, 5.74) is 1.82. The van der Waals surface area contributed by atoms with Crippen LogP contribution in [0.3, 0.4) is 0 Å². The normalized spacial score (nSPS) is 16.3. The average Bonchev–Trinajstić information content (AvgIpc) is 3.16. The SMILES string of the molecule is C/C(C#C/C=C1\CCCC1=O)=C/CO[Si](c1ccccc1)(c1ccccc1)C(C)(C)C. The molecule has 2 aromatic rings. The lowest BCUT2D eigenvalue weighted by Crippen LogP contribution is -2.66. The maximum Gasteiger partial charge on any atom is 0.261 e. The summed E-state index contributed by atoms with van der Waals surface area (Å²) in [5.74, 6) is 6.45. The maximum atomic E-state index is 11.7. The molecule has 3 heteroatoms. The second kappa shape index (κ2) is 10.1. The first-order valence-electron chi connectivity index (χ1n) is 11.0. The lowest BCUT2D eigenvalue weighted by atomic mass is 10.2. The van der Waals surface area contributed by atoms with E-state index in [0.29, 0.717) is 13.0 Å². The van der Waals surface area contributed by atoms with Gasteiger partial charge in [0.05, 0.1) is 6.61 Å². The van der Waals surface area contributed by atoms with Gasteiger partial charge >= 0.3 is 0 Å². The van der Waals surface area contributed by atoms with Crippen LogP contribution in [0.2, 0.25) is 5.04 Å². The van der Waals surface area contributed by atoms with Crippen LogP contribution < -0.4 is 10.4 Å². The van der Waals surface area contributed by atoms with Gasteiger partial charge in [-0.3, -0.25) is 4.79 Å². The van der Waals surface area contributed by atoms with Gasteiger partial charge in [0.2, 0.25) is 0 Å². The molecule has 2 nitrogen and oxygen atoms in total. The highest BCUT2D eigenvalue weighted by atomic mass is 28.4. The number of carbonyl (C=O) groups is 1. The molecule has 0 aromatic heterocycles. The van der Waals surface area contributed by atoms with Crippen molar-refractivity contribution in [3.8, 4) is 11.8 Å². The molecular formula is C28H32O2Si. The molecule has 0 N–H and O–H groups in total. The monoisotopic (exact) mass is 428 g/mol. The van der Waals surface area contributed by atoms with E-state index in [1.807, 2.05) is 6.92 Å². The Morgan fingerprint density at radius 2 is 1.58 bits per heavy atom. The molecule has 0 spiro atoms. The zero-order chi connectivity index (χ0) is 22.3. The molecule has 1 saturated carbocycles. The molecule has 0 saturated heterocycles. The Kier molecular flexibility index (Phi) is 7.49. The van der Waals surface area contributed by atoms with E-state index in [-0.39, 0.29) is 10.8 Å². The van der Waals surface area contributed by atoms with Crippen molar-refractivity contribution in [3.63, 3.8) is 0 Å². The van der Waals surface area contributed by atoms with Gasteiger partial charge in [-0.2, -0.15) is 0 Å². The van der Waals surface area contributed by atoms with Crippen LogP contribution in [-0.4, -0.2) is 20.7 Å². The van der Waals surface area contributed by atoms with Crippen molar-refractivity contribution < 1.29 is 9.22 Å². The summed E-state index contributed by atoms with van der Waals surface area (Å²) in [4.78, 5) is 11.7. The first-order chi connectivity index (χ1) is 14.8. The predicted octanol–water partition coefficient (Wildman–Crippen LogP) is 5.19. The van der Waals surface area contributed by atoms with Crippen molar-refractivity contribution in [1.29, 1.82) is 0 Å². The largest absolute Gasteiger partial charge is 0.404 e. The Labute approximate surface area is 188 Å². The van der Waals surface area contributed by atoms with Crippen LogP contribution in [0.1, 0.15) is 47.0 Å². The summed E-state index contributed by atoms with van der Waals surface area (Å²) in [6, 6.07) is 21.3. The number of hydrogen-bond donors (Lipinski definition) is 0. The second-order valence-corrected chi connectivity index (χ2v) is 13.4. The van der Waals surface area contributed by atoms with Gasteiger partial charge in [0.25, 0.3) is 8.32 Å². The van der Waals surface area contributed by atoms with Gasteiger partial charge < -0.3 is 4.43 Å². The van der Waals surface area contributed by atoms with Crippen LogP contribution in [0.15, 0.2) is 84.0 Å². The lowest BCUT2D eigenvalue weighted by molar-refractivity contribution is -0.114. The molecule has 1 aliphatic carbocycles. The Hall–Kier alpha value is -2.67. The van der Waals surface area contributed by atoms with E-state index in [0.717, 1.165) is 24.0 Å². The summed E-state index contributed by atoms with van der Waals surface area (Å²) in [5, 5.41) is 2.50. The third kappa shape index (κ3) is 5.33. The zero-order valence-corrected chi connectivity index (χ0v) is 20.1. The standard InChI is InChI=1S/C28H32O2Si/c1-23(13-11-14-24-15-12-20-27(24)29)21-22-30-31(28(2,3)4,25-16-7-5-8-17-25)26-18-9-6-10-19-26/h5-10,14,16-19,21H,12,15,20,22H2,1-4H3/b23-21-,24-14+. The highest BCUT2D eigenvalue weighted by Crippen LogP contribution is 2.36. The summed E-state index contributed by atoms with van der Waals surface area (Å²) >= 11 is 0. The number of rotatable bonds is 5. The van der Waals surface area contributed by atoms with E-state index in [9.17, 15) is 4.79 Å². The number of carbonyl (C=O) groups excluding carboxylic acids is 1. The van der Waals surface area contributed by atoms with Gasteiger partial charge in [0, 0.05) is 12.0 Å². The molecule has 0 heterocycles. The smallest absolute Gasteiger partial charge is 0.261 e. The van der Waals surface area contributed by atoms with Crippen LogP contribution in [0.5, 0.6) is 0 Å². The predicted molar refractivity (Wildman–Crippen MR) is 132 cm³/mol. The number of Topliss-reactive ketones (excluding diaryl/α,β-unsaturated/α-hetero) is 1. The molecule has 0 radical (unpaired) electrons. The van der Waals surface area contributed by atoms with Gasteiger partial charge in [0.1, 0.15) is 0 Å². The third-order valence-corrected chi connectivity index (χ3v) is 10.8. The number of allylic oxidation sites excluding steroid dienone is 3. The Morgan fingerprint density at radius 1 is 1.00 bits per heavy atom. The molecule has 0 atom stereocenters. The maximum absolute atomic E-state index is 11.7. The van der Waals surface area contributed by atoms with Crippen molar-refractivity contribution in [2.45, 2.75) is 52.0 Å². The van der Waals surface area contributed by atoms with Crippen LogP contribution in [0, 0.1) is 11.8 Å². The van der Waals surface area contributed by atoms with Crippen LogP contribution in [0.4, 0.5) is 0 Å². The van der Waals surface area contributed by atoms with E-state index < -0.39 is 8.32 Å². The van der Waals surface area contributed by atoms with Crippen LogP contribution in [0.25, 0.3) is 0 Å². The summed E-state index contributed by atoms with van der Waals surface area (Å²) in [6.07, 6.45) is 6.31. The highest BCUT2D eigenvalue weighted by Gasteiger charge is 2.49. The van der Waals surface area contributed by atoms with E-state index in [4.69, 9.17) is 4.43 Å². The Balaban J connectivity index is 1.88. The summed E-state index contributed by atoms with van der Waals surface area (Å²) in [6.45, 7) is 9.33. The molecule has 31 heavy (non-hydrogen) atoms. The molecule has 0 amide bonds. The van der Waals surface area contributed by atoms with Crippen molar-refractivity contribution in [3.05, 3.63) is 84.0 Å². The topological polar surface area (TPSA) is 26.3 Å². The number of ketones is 1. The van der Waals surface area contributed by atoms with E-state index in [1.165, 1.54) is 10.4 Å². The number of benzene rings is 2. The molecule has 1 aliphatic rings. The van der Waals surface area contributed by atoms with E-state index >= 15 is 0 Å². The fourth-order valence-corrected chi connectivity index (χ4v) is 8.72. The van der Waals surface area contributed by atoms with Crippen molar-refractivity contribution in [2.75, 3.05) is 6.61 Å². The van der Waals surface area contributed by atoms with E-state index in [2.05, 4.69) is 99.4 Å².